The third-order valence-corrected chi connectivity index (χ3v) is 4.85. The van der Waals surface area contributed by atoms with Crippen LogP contribution in [0, 0.1) is 13.8 Å². The highest BCUT2D eigenvalue weighted by molar-refractivity contribution is 7.17. The van der Waals surface area contributed by atoms with E-state index < -0.39 is 0 Å². The van der Waals surface area contributed by atoms with Gasteiger partial charge in [-0.25, -0.2) is 4.98 Å². The van der Waals surface area contributed by atoms with Gasteiger partial charge in [-0.1, -0.05) is 0 Å². The molecule has 0 unspecified atom stereocenters. The number of carbonyl (C=O) groups excluding carboxylic acids is 1. The van der Waals surface area contributed by atoms with Crippen molar-refractivity contribution in [2.24, 2.45) is 0 Å². The first-order chi connectivity index (χ1) is 10.1. The molecule has 3 rings (SSSR count). The molecule has 1 aliphatic rings. The van der Waals surface area contributed by atoms with Gasteiger partial charge in [-0.2, -0.15) is 0 Å². The van der Waals surface area contributed by atoms with Crippen LogP contribution in [-0.4, -0.2) is 34.5 Å². The van der Waals surface area contributed by atoms with E-state index >= 15 is 0 Å². The minimum atomic E-state index is -0.388. The molecule has 21 heavy (non-hydrogen) atoms. The van der Waals surface area contributed by atoms with Crippen molar-refractivity contribution >= 4 is 22.2 Å². The van der Waals surface area contributed by atoms with Crippen molar-refractivity contribution in [1.29, 1.82) is 0 Å². The molecule has 2 aromatic heterocycles. The number of fused-ring (bicyclic) bond motifs is 1. The van der Waals surface area contributed by atoms with Crippen LogP contribution >= 0.6 is 11.3 Å². The summed E-state index contributed by atoms with van der Waals surface area (Å²) in [5.74, 6) is -0.388. The van der Waals surface area contributed by atoms with Gasteiger partial charge < -0.3 is 10.1 Å². The molecular formula is C14H17N3O3S. The number of ether oxygens (including phenoxy) is 1. The average Bonchev–Trinajstić information content (AvgIpc) is 3.06. The number of hydrogen-bond acceptors (Lipinski definition) is 5. The number of rotatable bonds is 3. The zero-order valence-corrected chi connectivity index (χ0v) is 12.8. The van der Waals surface area contributed by atoms with Crippen LogP contribution < -0.4 is 10.9 Å². The zero-order chi connectivity index (χ0) is 15.0. The molecule has 1 amide bonds. The van der Waals surface area contributed by atoms with Crippen LogP contribution in [0.5, 0.6) is 0 Å². The summed E-state index contributed by atoms with van der Waals surface area (Å²) in [5.41, 5.74) is 0.597. The fourth-order valence-electron chi connectivity index (χ4n) is 2.44. The lowest BCUT2D eigenvalue weighted by Crippen LogP contribution is -2.36. The van der Waals surface area contributed by atoms with Gasteiger partial charge >= 0.3 is 0 Å². The summed E-state index contributed by atoms with van der Waals surface area (Å²) in [6.45, 7) is 4.97. The smallest absolute Gasteiger partial charge is 0.271 e. The van der Waals surface area contributed by atoms with E-state index in [9.17, 15) is 9.59 Å². The number of hydrogen-bond donors (Lipinski definition) is 1. The Morgan fingerprint density at radius 3 is 3.10 bits per heavy atom. The predicted molar refractivity (Wildman–Crippen MR) is 80.1 cm³/mol. The molecule has 0 saturated carbocycles. The van der Waals surface area contributed by atoms with Crippen molar-refractivity contribution in [2.75, 3.05) is 13.2 Å². The summed E-state index contributed by atoms with van der Waals surface area (Å²) in [7, 11) is 0. The van der Waals surface area contributed by atoms with Crippen molar-refractivity contribution in [3.63, 3.8) is 0 Å². The topological polar surface area (TPSA) is 72.7 Å². The highest BCUT2D eigenvalue weighted by atomic mass is 32.1. The lowest BCUT2D eigenvalue weighted by atomic mass is 10.2. The van der Waals surface area contributed by atoms with Crippen LogP contribution in [0.3, 0.4) is 0 Å². The Morgan fingerprint density at radius 1 is 1.57 bits per heavy atom. The third kappa shape index (κ3) is 2.58. The molecule has 1 N–H and O–H groups in total. The van der Waals surface area contributed by atoms with E-state index in [1.54, 1.807) is 0 Å². The minimum absolute atomic E-state index is 0.0542. The number of thiazole rings is 1. The number of nitrogens with one attached hydrogen (secondary N) is 1. The predicted octanol–water partition coefficient (Wildman–Crippen LogP) is 1.28. The molecule has 7 heteroatoms. The number of amides is 1. The monoisotopic (exact) mass is 307 g/mol. The Bertz CT molecular complexity index is 744. The van der Waals surface area contributed by atoms with Gasteiger partial charge in [0.2, 0.25) is 0 Å². The molecule has 112 valence electrons. The standard InChI is InChI=1S/C14H17N3O3S/c1-8-9(2)21-14-16-7-11(13(19)17(8)14)12(18)15-6-10-4-3-5-20-10/h7,10H,3-6H2,1-2H3,(H,15,18)/t10-/m0/s1. The van der Waals surface area contributed by atoms with Gasteiger partial charge in [0.15, 0.2) is 4.96 Å². The summed E-state index contributed by atoms with van der Waals surface area (Å²) in [6.07, 6.45) is 3.37. The highest BCUT2D eigenvalue weighted by Crippen LogP contribution is 2.18. The van der Waals surface area contributed by atoms with Crippen LogP contribution in [0.2, 0.25) is 0 Å². The summed E-state index contributed by atoms with van der Waals surface area (Å²) in [5, 5.41) is 2.76. The number of aromatic nitrogens is 2. The third-order valence-electron chi connectivity index (χ3n) is 3.78. The van der Waals surface area contributed by atoms with E-state index in [0.717, 1.165) is 30.0 Å². The van der Waals surface area contributed by atoms with Crippen LogP contribution in [0.1, 0.15) is 33.8 Å². The van der Waals surface area contributed by atoms with E-state index in [2.05, 4.69) is 10.3 Å². The quantitative estimate of drug-likeness (QED) is 0.927. The van der Waals surface area contributed by atoms with Gasteiger partial charge in [0.1, 0.15) is 5.56 Å². The molecule has 0 radical (unpaired) electrons. The van der Waals surface area contributed by atoms with E-state index in [-0.39, 0.29) is 23.1 Å². The van der Waals surface area contributed by atoms with E-state index in [1.165, 1.54) is 21.9 Å². The first kappa shape index (κ1) is 14.2. The summed E-state index contributed by atoms with van der Waals surface area (Å²) in [4.78, 5) is 30.5. The maximum atomic E-state index is 12.4. The maximum Gasteiger partial charge on any atom is 0.271 e. The van der Waals surface area contributed by atoms with Crippen LogP contribution in [0.15, 0.2) is 11.0 Å². The average molecular weight is 307 g/mol. The Hall–Kier alpha value is -1.73. The summed E-state index contributed by atoms with van der Waals surface area (Å²) in [6, 6.07) is 0. The van der Waals surface area contributed by atoms with Gasteiger partial charge in [0.05, 0.1) is 6.10 Å². The minimum Gasteiger partial charge on any atom is -0.376 e. The van der Waals surface area contributed by atoms with E-state index in [0.29, 0.717) is 11.5 Å². The number of aryl methyl sites for hydroxylation is 2. The Morgan fingerprint density at radius 2 is 2.38 bits per heavy atom. The van der Waals surface area contributed by atoms with Crippen molar-refractivity contribution in [3.8, 4) is 0 Å². The van der Waals surface area contributed by atoms with Crippen molar-refractivity contribution in [1.82, 2.24) is 14.7 Å². The van der Waals surface area contributed by atoms with Crippen LogP contribution in [0.4, 0.5) is 0 Å². The Kier molecular flexibility index (Phi) is 3.77. The molecule has 0 bridgehead atoms. The molecule has 0 aliphatic carbocycles. The molecule has 1 atom stereocenters. The largest absolute Gasteiger partial charge is 0.376 e. The first-order valence-electron chi connectivity index (χ1n) is 6.95. The number of nitrogens with zero attached hydrogens (tertiary/aromatic N) is 2. The van der Waals surface area contributed by atoms with Gasteiger partial charge in [-0.3, -0.25) is 14.0 Å². The molecule has 3 heterocycles. The second kappa shape index (κ2) is 5.57. The molecular weight excluding hydrogens is 290 g/mol. The highest BCUT2D eigenvalue weighted by Gasteiger charge is 2.19. The summed E-state index contributed by atoms with van der Waals surface area (Å²) >= 11 is 1.45. The van der Waals surface area contributed by atoms with Crippen molar-refractivity contribution in [3.05, 3.63) is 32.7 Å². The van der Waals surface area contributed by atoms with E-state index in [1.807, 2.05) is 13.8 Å². The van der Waals surface area contributed by atoms with E-state index in [4.69, 9.17) is 4.74 Å². The summed E-state index contributed by atoms with van der Waals surface area (Å²) < 4.78 is 6.95. The molecule has 6 nitrogen and oxygen atoms in total. The Balaban J connectivity index is 1.86. The first-order valence-corrected chi connectivity index (χ1v) is 7.77. The molecule has 0 spiro atoms. The molecule has 1 aliphatic heterocycles. The fourth-order valence-corrected chi connectivity index (χ4v) is 3.37. The SMILES string of the molecule is Cc1sc2ncc(C(=O)NC[C@@H]3CCCO3)c(=O)n2c1C. The second-order valence-corrected chi connectivity index (χ2v) is 6.37. The normalized spacial score (nSPS) is 18.3. The van der Waals surface area contributed by atoms with Gasteiger partial charge in [-0.05, 0) is 26.7 Å². The lowest BCUT2D eigenvalue weighted by Gasteiger charge is -2.10. The van der Waals surface area contributed by atoms with Crippen LogP contribution in [0.25, 0.3) is 4.96 Å². The number of carbonyl (C=O) groups is 1. The molecule has 1 saturated heterocycles. The molecule has 2 aromatic rings. The van der Waals surface area contributed by atoms with Crippen molar-refractivity contribution < 1.29 is 9.53 Å². The van der Waals surface area contributed by atoms with Gasteiger partial charge in [0.25, 0.3) is 11.5 Å². The molecule has 1 fully saturated rings. The van der Waals surface area contributed by atoms with Crippen LogP contribution in [-0.2, 0) is 4.74 Å². The Labute approximate surface area is 125 Å². The lowest BCUT2D eigenvalue weighted by molar-refractivity contribution is 0.0856. The second-order valence-electron chi connectivity index (χ2n) is 5.18. The van der Waals surface area contributed by atoms with Gasteiger partial charge in [-0.15, -0.1) is 11.3 Å². The van der Waals surface area contributed by atoms with Gasteiger partial charge in [0, 0.05) is 29.9 Å². The maximum absolute atomic E-state index is 12.4. The zero-order valence-electron chi connectivity index (χ0n) is 12.0. The molecule has 0 aromatic carbocycles. The van der Waals surface area contributed by atoms with Crippen molar-refractivity contribution in [2.45, 2.75) is 32.8 Å². The fraction of sp³-hybridized carbons (Fsp3) is 0.500.